The molecular formula is C20H30N4O4S. The van der Waals surface area contributed by atoms with Crippen molar-refractivity contribution in [2.75, 3.05) is 6.61 Å². The lowest BCUT2D eigenvalue weighted by Gasteiger charge is -2.36. The minimum Gasteiger partial charge on any atom is -0.394 e. The summed E-state index contributed by atoms with van der Waals surface area (Å²) in [6.45, 7) is 6.48. The van der Waals surface area contributed by atoms with Crippen molar-refractivity contribution in [3.63, 3.8) is 0 Å². The summed E-state index contributed by atoms with van der Waals surface area (Å²) < 4.78 is 35.8. The number of aromatic nitrogens is 3. The summed E-state index contributed by atoms with van der Waals surface area (Å²) in [5.74, 6) is 0.329. The van der Waals surface area contributed by atoms with Gasteiger partial charge in [0.2, 0.25) is 10.0 Å². The van der Waals surface area contributed by atoms with Gasteiger partial charge in [-0.2, -0.15) is 0 Å². The van der Waals surface area contributed by atoms with Gasteiger partial charge in [-0.25, -0.2) is 13.1 Å². The maximum Gasteiger partial charge on any atom is 0.240 e. The molecule has 1 saturated heterocycles. The highest BCUT2D eigenvalue weighted by molar-refractivity contribution is 7.89. The van der Waals surface area contributed by atoms with E-state index in [4.69, 9.17) is 4.74 Å². The number of hydrogen-bond acceptors (Lipinski definition) is 6. The predicted octanol–water partition coefficient (Wildman–Crippen LogP) is 1.99. The summed E-state index contributed by atoms with van der Waals surface area (Å²) in [5, 5.41) is 18.0. The standard InChI is InChI=1S/C20H30N4O4S/c1-14(2)19-12-24(23-21-19)11-10-16-6-9-18(20(13-25)28-16)22-29(26,27)17-7-4-15(3)5-8-17/h4-5,7-8,12,14,16,18,20,22,25H,6,9-11,13H2,1-3H3/t16-,18-,20-/m0/s1. The maximum atomic E-state index is 12.7. The molecule has 0 unspecified atom stereocenters. The summed E-state index contributed by atoms with van der Waals surface area (Å²) in [6.07, 6.45) is 3.36. The second-order valence-corrected chi connectivity index (χ2v) is 9.66. The van der Waals surface area contributed by atoms with E-state index in [9.17, 15) is 13.5 Å². The Bertz CT molecular complexity index is 895. The number of rotatable bonds is 8. The molecule has 2 aromatic rings. The Morgan fingerprint density at radius 2 is 2.00 bits per heavy atom. The Kier molecular flexibility index (Phi) is 7.05. The van der Waals surface area contributed by atoms with E-state index >= 15 is 0 Å². The molecular weight excluding hydrogens is 392 g/mol. The molecule has 8 nitrogen and oxygen atoms in total. The van der Waals surface area contributed by atoms with Crippen molar-refractivity contribution in [2.45, 2.75) is 75.6 Å². The molecule has 160 valence electrons. The zero-order valence-electron chi connectivity index (χ0n) is 17.2. The lowest BCUT2D eigenvalue weighted by molar-refractivity contribution is -0.0891. The number of aliphatic hydroxyl groups is 1. The van der Waals surface area contributed by atoms with Crippen LogP contribution < -0.4 is 4.72 Å². The molecule has 9 heteroatoms. The third-order valence-electron chi connectivity index (χ3n) is 5.26. The fourth-order valence-electron chi connectivity index (χ4n) is 3.43. The molecule has 2 heterocycles. The summed E-state index contributed by atoms with van der Waals surface area (Å²) in [7, 11) is -3.66. The lowest BCUT2D eigenvalue weighted by atomic mass is 9.98. The Morgan fingerprint density at radius 1 is 1.28 bits per heavy atom. The molecule has 0 radical (unpaired) electrons. The van der Waals surface area contributed by atoms with Crippen LogP contribution in [-0.4, -0.2) is 53.4 Å². The molecule has 3 rings (SSSR count). The number of nitrogens with one attached hydrogen (secondary N) is 1. The van der Waals surface area contributed by atoms with Gasteiger partial charge in [0, 0.05) is 12.7 Å². The normalized spacial score (nSPS) is 22.9. The number of hydrogen-bond donors (Lipinski definition) is 2. The first kappa shape index (κ1) is 21.9. The minimum atomic E-state index is -3.66. The van der Waals surface area contributed by atoms with Gasteiger partial charge in [-0.15, -0.1) is 5.10 Å². The van der Waals surface area contributed by atoms with Gasteiger partial charge >= 0.3 is 0 Å². The van der Waals surface area contributed by atoms with E-state index in [0.717, 1.165) is 17.7 Å². The molecule has 1 aromatic heterocycles. The van der Waals surface area contributed by atoms with Gasteiger partial charge in [-0.3, -0.25) is 4.68 Å². The second kappa shape index (κ2) is 9.34. The van der Waals surface area contributed by atoms with Gasteiger partial charge in [0.05, 0.1) is 35.4 Å². The first-order valence-corrected chi connectivity index (χ1v) is 11.5. The topological polar surface area (TPSA) is 106 Å². The van der Waals surface area contributed by atoms with Crippen LogP contribution in [0.5, 0.6) is 0 Å². The fraction of sp³-hybridized carbons (Fsp3) is 0.600. The zero-order valence-corrected chi connectivity index (χ0v) is 18.0. The molecule has 0 spiro atoms. The highest BCUT2D eigenvalue weighted by atomic mass is 32.2. The summed E-state index contributed by atoms with van der Waals surface area (Å²) in [5.41, 5.74) is 1.95. The molecule has 3 atom stereocenters. The number of sulfonamides is 1. The second-order valence-electron chi connectivity index (χ2n) is 7.95. The Hall–Kier alpha value is -1.81. The van der Waals surface area contributed by atoms with Gasteiger partial charge in [-0.1, -0.05) is 36.8 Å². The first-order valence-electron chi connectivity index (χ1n) is 10.0. The smallest absolute Gasteiger partial charge is 0.240 e. The van der Waals surface area contributed by atoms with Gasteiger partial charge in [0.15, 0.2) is 0 Å². The highest BCUT2D eigenvalue weighted by Gasteiger charge is 2.33. The summed E-state index contributed by atoms with van der Waals surface area (Å²) >= 11 is 0. The summed E-state index contributed by atoms with van der Waals surface area (Å²) in [4.78, 5) is 0.217. The average Bonchev–Trinajstić information content (AvgIpc) is 3.17. The molecule has 0 bridgehead atoms. The SMILES string of the molecule is Cc1ccc(S(=O)(=O)N[C@H]2CC[C@@H](CCn3cc(C(C)C)nn3)O[C@H]2CO)cc1. The number of aryl methyl sites for hydroxylation is 2. The fourth-order valence-corrected chi connectivity index (χ4v) is 4.73. The monoisotopic (exact) mass is 422 g/mol. The van der Waals surface area contributed by atoms with Crippen molar-refractivity contribution in [1.29, 1.82) is 0 Å². The molecule has 1 aliphatic heterocycles. The van der Waals surface area contributed by atoms with E-state index in [2.05, 4.69) is 28.9 Å². The quantitative estimate of drug-likeness (QED) is 0.674. The molecule has 2 N–H and O–H groups in total. The largest absolute Gasteiger partial charge is 0.394 e. The van der Waals surface area contributed by atoms with Crippen molar-refractivity contribution in [2.24, 2.45) is 0 Å². The van der Waals surface area contributed by atoms with Crippen LogP contribution in [0.4, 0.5) is 0 Å². The molecule has 1 aromatic carbocycles. The summed E-state index contributed by atoms with van der Waals surface area (Å²) in [6, 6.07) is 6.24. The number of ether oxygens (including phenoxy) is 1. The molecule has 0 aliphatic carbocycles. The van der Waals surface area contributed by atoms with Crippen LogP contribution in [0.3, 0.4) is 0 Å². The number of nitrogens with zero attached hydrogens (tertiary/aromatic N) is 3. The number of benzene rings is 1. The van der Waals surface area contributed by atoms with E-state index in [-0.39, 0.29) is 17.6 Å². The molecule has 29 heavy (non-hydrogen) atoms. The van der Waals surface area contributed by atoms with Gasteiger partial charge in [0.1, 0.15) is 0 Å². The van der Waals surface area contributed by atoms with Gasteiger partial charge in [-0.05, 0) is 44.2 Å². The first-order chi connectivity index (χ1) is 13.8. The van der Waals surface area contributed by atoms with E-state index in [1.807, 2.05) is 13.1 Å². The Labute approximate surface area is 172 Å². The van der Waals surface area contributed by atoms with Gasteiger partial charge in [0.25, 0.3) is 0 Å². The van der Waals surface area contributed by atoms with E-state index in [1.54, 1.807) is 28.9 Å². The third kappa shape index (κ3) is 5.63. The van der Waals surface area contributed by atoms with Crippen LogP contribution in [0, 0.1) is 6.92 Å². The molecule has 1 aliphatic rings. The number of aliphatic hydroxyl groups excluding tert-OH is 1. The minimum absolute atomic E-state index is 0.0565. The maximum absolute atomic E-state index is 12.7. The lowest BCUT2D eigenvalue weighted by Crippen LogP contribution is -2.50. The Morgan fingerprint density at radius 3 is 2.62 bits per heavy atom. The van der Waals surface area contributed by atoms with Crippen LogP contribution in [0.1, 0.15) is 50.3 Å². The van der Waals surface area contributed by atoms with Crippen LogP contribution in [0.2, 0.25) is 0 Å². The van der Waals surface area contributed by atoms with Crippen molar-refractivity contribution >= 4 is 10.0 Å². The van der Waals surface area contributed by atoms with Crippen LogP contribution in [0.25, 0.3) is 0 Å². The van der Waals surface area contributed by atoms with Crippen LogP contribution >= 0.6 is 0 Å². The predicted molar refractivity (Wildman–Crippen MR) is 109 cm³/mol. The van der Waals surface area contributed by atoms with Crippen molar-refractivity contribution in [3.05, 3.63) is 41.7 Å². The van der Waals surface area contributed by atoms with Crippen molar-refractivity contribution in [3.8, 4) is 0 Å². The van der Waals surface area contributed by atoms with E-state index in [0.29, 0.717) is 25.3 Å². The van der Waals surface area contributed by atoms with Crippen molar-refractivity contribution in [1.82, 2.24) is 19.7 Å². The van der Waals surface area contributed by atoms with Crippen LogP contribution in [0.15, 0.2) is 35.4 Å². The average molecular weight is 423 g/mol. The molecule has 0 amide bonds. The van der Waals surface area contributed by atoms with Crippen LogP contribution in [-0.2, 0) is 21.3 Å². The van der Waals surface area contributed by atoms with Crippen molar-refractivity contribution < 1.29 is 18.3 Å². The van der Waals surface area contributed by atoms with Gasteiger partial charge < -0.3 is 9.84 Å². The Balaban J connectivity index is 1.56. The molecule has 0 saturated carbocycles. The zero-order chi connectivity index (χ0) is 21.0. The van der Waals surface area contributed by atoms with E-state index < -0.39 is 22.2 Å². The third-order valence-corrected chi connectivity index (χ3v) is 6.77. The highest BCUT2D eigenvalue weighted by Crippen LogP contribution is 2.24. The van der Waals surface area contributed by atoms with E-state index in [1.165, 1.54) is 0 Å². The molecule has 1 fully saturated rings.